The molecule has 1 aliphatic heterocycles. The zero-order chi connectivity index (χ0) is 13.9. The summed E-state index contributed by atoms with van der Waals surface area (Å²) in [6.45, 7) is 1.49. The number of nitrogens with zero attached hydrogens (tertiary/aromatic N) is 3. The lowest BCUT2D eigenvalue weighted by Gasteiger charge is -2.23. The van der Waals surface area contributed by atoms with Crippen molar-refractivity contribution in [2.24, 2.45) is 0 Å². The van der Waals surface area contributed by atoms with Crippen molar-refractivity contribution in [3.8, 4) is 6.07 Å². The lowest BCUT2D eigenvalue weighted by molar-refractivity contribution is 0.171. The first-order valence-electron chi connectivity index (χ1n) is 6.65. The van der Waals surface area contributed by atoms with Crippen molar-refractivity contribution in [1.82, 2.24) is 4.98 Å². The van der Waals surface area contributed by atoms with Gasteiger partial charge in [-0.25, -0.2) is 4.98 Å². The van der Waals surface area contributed by atoms with Crippen LogP contribution in [-0.2, 0) is 6.54 Å². The van der Waals surface area contributed by atoms with Crippen LogP contribution in [0.3, 0.4) is 0 Å². The number of rotatable bonds is 1. The van der Waals surface area contributed by atoms with Gasteiger partial charge in [-0.1, -0.05) is 24.3 Å². The van der Waals surface area contributed by atoms with Crippen molar-refractivity contribution in [3.63, 3.8) is 0 Å². The molecule has 1 aliphatic rings. The fourth-order valence-electron chi connectivity index (χ4n) is 2.62. The van der Waals surface area contributed by atoms with Gasteiger partial charge in [-0.05, 0) is 29.7 Å². The minimum absolute atomic E-state index is 0.417. The Morgan fingerprint density at radius 1 is 1.30 bits per heavy atom. The van der Waals surface area contributed by atoms with Crippen molar-refractivity contribution in [3.05, 3.63) is 59.4 Å². The molecular weight excluding hydrogens is 250 g/mol. The maximum Gasteiger partial charge on any atom is 0.142 e. The normalized spacial score (nSPS) is 18.0. The number of aliphatic hydroxyl groups excluding tert-OH is 1. The van der Waals surface area contributed by atoms with Gasteiger partial charge in [-0.15, -0.1) is 0 Å². The summed E-state index contributed by atoms with van der Waals surface area (Å²) >= 11 is 0. The fraction of sp³-hybridized carbons (Fsp3) is 0.250. The Bertz CT molecular complexity index is 663. The number of nitriles is 1. The van der Waals surface area contributed by atoms with E-state index in [-0.39, 0.29) is 0 Å². The molecule has 0 bridgehead atoms. The van der Waals surface area contributed by atoms with Gasteiger partial charge in [0, 0.05) is 25.0 Å². The topological polar surface area (TPSA) is 60.2 Å². The highest BCUT2D eigenvalue weighted by atomic mass is 16.3. The van der Waals surface area contributed by atoms with Crippen molar-refractivity contribution in [1.29, 1.82) is 5.26 Å². The number of hydrogen-bond donors (Lipinski definition) is 1. The van der Waals surface area contributed by atoms with Crippen LogP contribution in [-0.4, -0.2) is 16.6 Å². The second-order valence-electron chi connectivity index (χ2n) is 4.94. The Labute approximate surface area is 117 Å². The number of hydrogen-bond acceptors (Lipinski definition) is 4. The fourth-order valence-corrected chi connectivity index (χ4v) is 2.62. The van der Waals surface area contributed by atoms with E-state index in [0.29, 0.717) is 12.1 Å². The minimum Gasteiger partial charge on any atom is -0.388 e. The van der Waals surface area contributed by atoms with Crippen molar-refractivity contribution >= 4 is 5.69 Å². The van der Waals surface area contributed by atoms with Crippen LogP contribution in [0.1, 0.15) is 29.3 Å². The Morgan fingerprint density at radius 3 is 3.00 bits per heavy atom. The summed E-state index contributed by atoms with van der Waals surface area (Å²) in [6.07, 6.45) is 1.91. The molecule has 0 saturated heterocycles. The highest BCUT2D eigenvalue weighted by Crippen LogP contribution is 2.29. The molecule has 20 heavy (non-hydrogen) atoms. The van der Waals surface area contributed by atoms with Crippen molar-refractivity contribution in [2.75, 3.05) is 11.4 Å². The molecule has 2 aromatic rings. The van der Waals surface area contributed by atoms with E-state index >= 15 is 0 Å². The second kappa shape index (κ2) is 5.32. The minimum atomic E-state index is -0.423. The van der Waals surface area contributed by atoms with Crippen LogP contribution in [0, 0.1) is 11.3 Å². The van der Waals surface area contributed by atoms with Gasteiger partial charge < -0.3 is 10.0 Å². The number of anilines is 1. The molecule has 1 unspecified atom stereocenters. The van der Waals surface area contributed by atoms with E-state index in [9.17, 15) is 5.11 Å². The van der Waals surface area contributed by atoms with E-state index in [1.54, 1.807) is 12.3 Å². The molecule has 1 aromatic carbocycles. The number of fused-ring (bicyclic) bond motifs is 1. The summed E-state index contributed by atoms with van der Waals surface area (Å²) in [5, 5.41) is 19.2. The molecule has 0 saturated carbocycles. The molecule has 2 heterocycles. The summed E-state index contributed by atoms with van der Waals surface area (Å²) < 4.78 is 0. The zero-order valence-corrected chi connectivity index (χ0v) is 11.0. The number of aliphatic hydroxyl groups is 1. The van der Waals surface area contributed by atoms with Crippen LogP contribution in [0.15, 0.2) is 42.6 Å². The quantitative estimate of drug-likeness (QED) is 0.860. The average molecular weight is 265 g/mol. The maximum atomic E-state index is 10.2. The van der Waals surface area contributed by atoms with Crippen LogP contribution in [0.5, 0.6) is 0 Å². The molecule has 0 fully saturated rings. The smallest absolute Gasteiger partial charge is 0.142 e. The van der Waals surface area contributed by atoms with E-state index in [0.717, 1.165) is 29.9 Å². The molecule has 0 amide bonds. The molecule has 0 aliphatic carbocycles. The number of aromatic nitrogens is 1. The Balaban J connectivity index is 1.95. The maximum absolute atomic E-state index is 10.2. The van der Waals surface area contributed by atoms with Crippen molar-refractivity contribution < 1.29 is 5.11 Å². The second-order valence-corrected chi connectivity index (χ2v) is 4.94. The van der Waals surface area contributed by atoms with Gasteiger partial charge in [0.15, 0.2) is 0 Å². The zero-order valence-electron chi connectivity index (χ0n) is 11.0. The molecule has 4 heteroatoms. The lowest BCUT2D eigenvalue weighted by atomic mass is 10.0. The Kier molecular flexibility index (Phi) is 3.36. The predicted molar refractivity (Wildman–Crippen MR) is 76.0 cm³/mol. The SMILES string of the molecule is N#Cc1cc(N2CCC(O)c3ccccc3C2)ccn1. The lowest BCUT2D eigenvalue weighted by Crippen LogP contribution is -2.22. The largest absolute Gasteiger partial charge is 0.388 e. The summed E-state index contributed by atoms with van der Waals surface area (Å²) in [5.74, 6) is 0. The van der Waals surface area contributed by atoms with Gasteiger partial charge in [0.25, 0.3) is 0 Å². The number of pyridine rings is 1. The number of benzene rings is 1. The summed E-state index contributed by atoms with van der Waals surface area (Å²) in [6, 6.07) is 13.7. The van der Waals surface area contributed by atoms with Crippen LogP contribution < -0.4 is 4.90 Å². The van der Waals surface area contributed by atoms with Crippen LogP contribution >= 0.6 is 0 Å². The van der Waals surface area contributed by atoms with Crippen molar-refractivity contribution in [2.45, 2.75) is 19.1 Å². The first-order chi connectivity index (χ1) is 9.78. The third-order valence-electron chi connectivity index (χ3n) is 3.67. The summed E-state index contributed by atoms with van der Waals surface area (Å²) in [4.78, 5) is 6.18. The summed E-state index contributed by atoms with van der Waals surface area (Å²) in [5.41, 5.74) is 3.53. The summed E-state index contributed by atoms with van der Waals surface area (Å²) in [7, 11) is 0. The van der Waals surface area contributed by atoms with Crippen LogP contribution in [0.25, 0.3) is 0 Å². The molecule has 4 nitrogen and oxygen atoms in total. The predicted octanol–water partition coefficient (Wildman–Crippen LogP) is 2.40. The monoisotopic (exact) mass is 265 g/mol. The standard InChI is InChI=1S/C16H15N3O/c17-10-13-9-14(5-7-18-13)19-8-6-16(20)15-4-2-1-3-12(15)11-19/h1-5,7,9,16,20H,6,8,11H2. The van der Waals surface area contributed by atoms with Gasteiger partial charge in [-0.3, -0.25) is 0 Å². The Morgan fingerprint density at radius 2 is 2.15 bits per heavy atom. The van der Waals surface area contributed by atoms with E-state index < -0.39 is 6.10 Å². The van der Waals surface area contributed by atoms with E-state index in [2.05, 4.69) is 16.0 Å². The molecule has 1 atom stereocenters. The van der Waals surface area contributed by atoms with E-state index in [1.165, 1.54) is 0 Å². The highest BCUT2D eigenvalue weighted by molar-refractivity contribution is 5.50. The van der Waals surface area contributed by atoms with Gasteiger partial charge in [-0.2, -0.15) is 5.26 Å². The highest BCUT2D eigenvalue weighted by Gasteiger charge is 2.20. The van der Waals surface area contributed by atoms with Crippen LogP contribution in [0.4, 0.5) is 5.69 Å². The molecule has 0 spiro atoms. The molecule has 1 aromatic heterocycles. The average Bonchev–Trinajstić information content (AvgIpc) is 2.67. The van der Waals surface area contributed by atoms with Gasteiger partial charge in [0.05, 0.1) is 6.10 Å². The third kappa shape index (κ3) is 2.36. The first-order valence-corrected chi connectivity index (χ1v) is 6.65. The van der Waals surface area contributed by atoms with Gasteiger partial charge in [0.2, 0.25) is 0 Å². The van der Waals surface area contributed by atoms with E-state index in [1.807, 2.05) is 30.3 Å². The van der Waals surface area contributed by atoms with Gasteiger partial charge >= 0.3 is 0 Å². The molecule has 0 radical (unpaired) electrons. The first kappa shape index (κ1) is 12.6. The van der Waals surface area contributed by atoms with Crippen LogP contribution in [0.2, 0.25) is 0 Å². The molecular formula is C16H15N3O. The van der Waals surface area contributed by atoms with E-state index in [4.69, 9.17) is 5.26 Å². The molecule has 1 N–H and O–H groups in total. The Hall–Kier alpha value is -2.38. The third-order valence-corrected chi connectivity index (χ3v) is 3.67. The van der Waals surface area contributed by atoms with Gasteiger partial charge in [0.1, 0.15) is 11.8 Å². The molecule has 100 valence electrons. The molecule has 3 rings (SSSR count).